The summed E-state index contributed by atoms with van der Waals surface area (Å²) in [6.45, 7) is 6.74. The molecule has 3 atom stereocenters. The normalized spacial score (nSPS) is 42.1. The van der Waals surface area contributed by atoms with E-state index < -0.39 is 6.10 Å². The Bertz CT molecular complexity index is 330. The summed E-state index contributed by atoms with van der Waals surface area (Å²) in [4.78, 5) is 10.9. The van der Waals surface area contributed by atoms with Crippen LogP contribution in [0.2, 0.25) is 0 Å². The van der Waals surface area contributed by atoms with Crippen molar-refractivity contribution in [2.45, 2.75) is 52.6 Å². The third-order valence-electron chi connectivity index (χ3n) is 4.94. The Kier molecular flexibility index (Phi) is 2.73. The summed E-state index contributed by atoms with van der Waals surface area (Å²) < 4.78 is 0. The zero-order valence-electron chi connectivity index (χ0n) is 10.5. The molecule has 0 aliphatic heterocycles. The van der Waals surface area contributed by atoms with Gasteiger partial charge in [0.15, 0.2) is 0 Å². The third kappa shape index (κ3) is 1.55. The minimum atomic E-state index is -0.566. The van der Waals surface area contributed by atoms with Crippen LogP contribution >= 0.6 is 0 Å². The minimum Gasteiger partial charge on any atom is -0.388 e. The molecule has 2 aliphatic carbocycles. The molecule has 1 fully saturated rings. The Morgan fingerprint density at radius 2 is 2.06 bits per heavy atom. The molecule has 0 aromatic heterocycles. The lowest BCUT2D eigenvalue weighted by atomic mass is 9.51. The maximum Gasteiger partial charge on any atom is 0.148 e. The molecule has 2 nitrogen and oxygen atoms in total. The minimum absolute atomic E-state index is 0.104. The van der Waals surface area contributed by atoms with Gasteiger partial charge in [-0.05, 0) is 30.6 Å². The van der Waals surface area contributed by atoms with Crippen LogP contribution in [0.25, 0.3) is 0 Å². The van der Waals surface area contributed by atoms with Crippen LogP contribution in [-0.4, -0.2) is 17.5 Å². The van der Waals surface area contributed by atoms with Gasteiger partial charge in [-0.25, -0.2) is 0 Å². The molecule has 16 heavy (non-hydrogen) atoms. The van der Waals surface area contributed by atoms with E-state index in [-0.39, 0.29) is 10.8 Å². The van der Waals surface area contributed by atoms with Crippen molar-refractivity contribution in [3.8, 4) is 0 Å². The molecule has 90 valence electrons. The Labute approximate surface area is 97.7 Å². The number of carbonyl (C=O) groups excluding carboxylic acids is 1. The van der Waals surface area contributed by atoms with E-state index in [1.54, 1.807) is 0 Å². The molecule has 0 amide bonds. The number of aliphatic hydroxyl groups excluding tert-OH is 1. The van der Waals surface area contributed by atoms with E-state index in [0.717, 1.165) is 25.5 Å². The van der Waals surface area contributed by atoms with Crippen molar-refractivity contribution in [1.29, 1.82) is 0 Å². The Balaban J connectivity index is 2.39. The molecule has 0 spiro atoms. The molecular weight excluding hydrogens is 200 g/mol. The van der Waals surface area contributed by atoms with Gasteiger partial charge in [0.2, 0.25) is 0 Å². The second-order valence-corrected chi connectivity index (χ2v) is 6.36. The van der Waals surface area contributed by atoms with E-state index in [1.807, 2.05) is 6.08 Å². The van der Waals surface area contributed by atoms with E-state index in [4.69, 9.17) is 0 Å². The summed E-state index contributed by atoms with van der Waals surface area (Å²) in [5.74, 6) is 0.493. The molecule has 0 heterocycles. The van der Waals surface area contributed by atoms with E-state index in [0.29, 0.717) is 11.5 Å². The summed E-state index contributed by atoms with van der Waals surface area (Å²) in [6, 6.07) is 0. The molecule has 2 aliphatic rings. The highest BCUT2D eigenvalue weighted by Crippen LogP contribution is 2.57. The first kappa shape index (κ1) is 11.8. The van der Waals surface area contributed by atoms with Gasteiger partial charge in [0.1, 0.15) is 6.29 Å². The Hall–Kier alpha value is -0.630. The van der Waals surface area contributed by atoms with Crippen molar-refractivity contribution in [1.82, 2.24) is 0 Å². The Morgan fingerprint density at radius 3 is 2.69 bits per heavy atom. The van der Waals surface area contributed by atoms with Gasteiger partial charge < -0.3 is 5.11 Å². The van der Waals surface area contributed by atoms with E-state index in [9.17, 15) is 9.90 Å². The van der Waals surface area contributed by atoms with Crippen LogP contribution < -0.4 is 0 Å². The lowest BCUT2D eigenvalue weighted by molar-refractivity contribution is -0.111. The van der Waals surface area contributed by atoms with Gasteiger partial charge in [-0.3, -0.25) is 4.79 Å². The fraction of sp³-hybridized carbons (Fsp3) is 0.786. The van der Waals surface area contributed by atoms with E-state index in [2.05, 4.69) is 20.8 Å². The van der Waals surface area contributed by atoms with Crippen LogP contribution in [0.15, 0.2) is 11.6 Å². The first-order chi connectivity index (χ1) is 7.42. The highest BCUT2D eigenvalue weighted by atomic mass is 16.3. The van der Waals surface area contributed by atoms with Crippen molar-refractivity contribution in [3.05, 3.63) is 11.6 Å². The van der Waals surface area contributed by atoms with Crippen LogP contribution in [0.5, 0.6) is 0 Å². The van der Waals surface area contributed by atoms with Crippen LogP contribution in [-0.2, 0) is 4.79 Å². The van der Waals surface area contributed by atoms with Gasteiger partial charge in [0.05, 0.1) is 6.10 Å². The molecule has 1 saturated carbocycles. The second kappa shape index (κ2) is 3.69. The highest BCUT2D eigenvalue weighted by Gasteiger charge is 2.52. The van der Waals surface area contributed by atoms with Crippen LogP contribution in [0.1, 0.15) is 46.5 Å². The summed E-state index contributed by atoms with van der Waals surface area (Å²) >= 11 is 0. The molecule has 0 radical (unpaired) electrons. The lowest BCUT2D eigenvalue weighted by Gasteiger charge is -2.54. The van der Waals surface area contributed by atoms with Gasteiger partial charge in [0, 0.05) is 11.0 Å². The highest BCUT2D eigenvalue weighted by molar-refractivity contribution is 5.75. The van der Waals surface area contributed by atoms with Gasteiger partial charge in [-0.15, -0.1) is 0 Å². The fourth-order valence-corrected chi connectivity index (χ4v) is 3.94. The monoisotopic (exact) mass is 222 g/mol. The zero-order valence-corrected chi connectivity index (χ0v) is 10.5. The zero-order chi connectivity index (χ0) is 12.0. The smallest absolute Gasteiger partial charge is 0.148 e. The number of hydrogen-bond acceptors (Lipinski definition) is 2. The topological polar surface area (TPSA) is 37.3 Å². The van der Waals surface area contributed by atoms with Gasteiger partial charge in [0.25, 0.3) is 0 Å². The van der Waals surface area contributed by atoms with Crippen molar-refractivity contribution < 1.29 is 9.90 Å². The number of aldehydes is 1. The van der Waals surface area contributed by atoms with Gasteiger partial charge in [-0.1, -0.05) is 33.3 Å². The van der Waals surface area contributed by atoms with Gasteiger partial charge >= 0.3 is 0 Å². The SMILES string of the molecule is CC1(C)CCC[C@]2(C)C(O)C(C=O)=CC[C@@H]12. The van der Waals surface area contributed by atoms with Crippen molar-refractivity contribution in [2.75, 3.05) is 0 Å². The number of allylic oxidation sites excluding steroid dienone is 1. The average molecular weight is 222 g/mol. The largest absolute Gasteiger partial charge is 0.388 e. The molecule has 1 unspecified atom stereocenters. The standard InChI is InChI=1S/C14H22O2/c1-13(2)7-4-8-14(3)11(13)6-5-10(9-15)12(14)16/h5,9,11-12,16H,4,6-8H2,1-3H3/t11-,12?,14-/m0/s1. The summed E-state index contributed by atoms with van der Waals surface area (Å²) in [6.07, 6.45) is 6.56. The average Bonchev–Trinajstić information content (AvgIpc) is 2.20. The number of aliphatic hydroxyl groups is 1. The molecule has 0 bridgehead atoms. The molecule has 2 rings (SSSR count). The Morgan fingerprint density at radius 1 is 1.38 bits per heavy atom. The number of hydrogen-bond donors (Lipinski definition) is 1. The summed E-state index contributed by atoms with van der Waals surface area (Å²) in [5, 5.41) is 10.4. The molecular formula is C14H22O2. The lowest BCUT2D eigenvalue weighted by Crippen LogP contribution is -2.51. The predicted octanol–water partition coefficient (Wildman–Crippen LogP) is 2.71. The quantitative estimate of drug-likeness (QED) is 0.693. The van der Waals surface area contributed by atoms with Crippen LogP contribution in [0.3, 0.4) is 0 Å². The first-order valence-corrected chi connectivity index (χ1v) is 6.25. The van der Waals surface area contributed by atoms with Crippen molar-refractivity contribution in [3.63, 3.8) is 0 Å². The maximum atomic E-state index is 10.9. The predicted molar refractivity (Wildman–Crippen MR) is 64.0 cm³/mol. The number of rotatable bonds is 1. The van der Waals surface area contributed by atoms with Crippen molar-refractivity contribution in [2.24, 2.45) is 16.7 Å². The number of fused-ring (bicyclic) bond motifs is 1. The van der Waals surface area contributed by atoms with E-state index >= 15 is 0 Å². The molecule has 0 aromatic carbocycles. The molecule has 1 N–H and O–H groups in total. The van der Waals surface area contributed by atoms with Crippen molar-refractivity contribution >= 4 is 6.29 Å². The summed E-state index contributed by atoms with van der Waals surface area (Å²) in [7, 11) is 0. The van der Waals surface area contributed by atoms with Crippen LogP contribution in [0, 0.1) is 16.7 Å². The maximum absolute atomic E-state index is 10.9. The third-order valence-corrected chi connectivity index (χ3v) is 4.94. The fourth-order valence-electron chi connectivity index (χ4n) is 3.94. The molecule has 0 saturated heterocycles. The van der Waals surface area contributed by atoms with Gasteiger partial charge in [-0.2, -0.15) is 0 Å². The summed E-state index contributed by atoms with van der Waals surface area (Å²) in [5.41, 5.74) is 0.766. The van der Waals surface area contributed by atoms with E-state index in [1.165, 1.54) is 6.42 Å². The second-order valence-electron chi connectivity index (χ2n) is 6.36. The number of carbonyl (C=O) groups is 1. The van der Waals surface area contributed by atoms with Crippen LogP contribution in [0.4, 0.5) is 0 Å². The molecule has 0 aromatic rings. The molecule has 2 heteroatoms. The first-order valence-electron chi connectivity index (χ1n) is 6.25.